The summed E-state index contributed by atoms with van der Waals surface area (Å²) in [5.74, 6) is -1.81. The van der Waals surface area contributed by atoms with E-state index in [1.807, 2.05) is 64.4 Å². The first-order valence-electron chi connectivity index (χ1n) is 25.4. The SMILES string of the molecule is Cc1ncsc1-c1ccc([C@H](C)NC(=O)[C@@H]2C[C@@H](O)CN2C(=O)[C@@H](CC(=O)CN2CCO[C@@H](CN3CCO[C@H](COc4ccc(N5C(=O)N(c6ccc(C#N)c(C(F)(F)F)c6)C(=O)C5(C)C)cc4)C3)C2)C(C)(C)C)cc1. The molecule has 0 bridgehead atoms. The number of hydrogen-bond donors (Lipinski definition) is 2. The molecule has 4 saturated heterocycles. The Hall–Kier alpha value is -6.28. The first kappa shape index (κ1) is 55.9. The van der Waals surface area contributed by atoms with Crippen LogP contribution in [0.2, 0.25) is 0 Å². The van der Waals surface area contributed by atoms with Gasteiger partial charge in [0, 0.05) is 63.7 Å². The van der Waals surface area contributed by atoms with E-state index < -0.39 is 58.3 Å². The van der Waals surface area contributed by atoms with Gasteiger partial charge in [-0.25, -0.2) is 14.7 Å². The van der Waals surface area contributed by atoms with Gasteiger partial charge in [0.05, 0.1) is 77.0 Å². The number of morpholine rings is 2. The summed E-state index contributed by atoms with van der Waals surface area (Å²) in [6.07, 6.45) is -6.20. The number of Topliss-reactive ketones (excluding diaryl/α,β-unsaturated/α-hetero) is 1. The number of alkyl halides is 3. The number of carbonyl (C=O) groups is 5. The van der Waals surface area contributed by atoms with Crippen LogP contribution in [0, 0.1) is 29.6 Å². The van der Waals surface area contributed by atoms with Gasteiger partial charge in [0.25, 0.3) is 5.91 Å². The summed E-state index contributed by atoms with van der Waals surface area (Å²) < 4.78 is 59.6. The molecule has 4 aliphatic rings. The van der Waals surface area contributed by atoms with Crippen molar-refractivity contribution in [3.8, 4) is 22.3 Å². The van der Waals surface area contributed by atoms with Gasteiger partial charge in [-0.3, -0.25) is 33.9 Å². The summed E-state index contributed by atoms with van der Waals surface area (Å²) in [6.45, 7) is 16.6. The summed E-state index contributed by atoms with van der Waals surface area (Å²) in [5, 5.41) is 23.1. The molecule has 0 spiro atoms. The first-order chi connectivity index (χ1) is 35.9. The molecule has 0 aliphatic carbocycles. The minimum atomic E-state index is -4.88. The van der Waals surface area contributed by atoms with Crippen molar-refractivity contribution in [2.75, 3.05) is 75.4 Å². The van der Waals surface area contributed by atoms with Gasteiger partial charge in [-0.15, -0.1) is 11.3 Å². The third kappa shape index (κ3) is 12.4. The number of urea groups is 1. The molecule has 1 aromatic heterocycles. The normalized spacial score (nSPS) is 22.4. The van der Waals surface area contributed by atoms with E-state index in [4.69, 9.17) is 14.2 Å². The van der Waals surface area contributed by atoms with E-state index in [9.17, 15) is 47.5 Å². The number of rotatable bonds is 16. The molecule has 17 nitrogen and oxygen atoms in total. The zero-order valence-corrected chi connectivity index (χ0v) is 44.6. The largest absolute Gasteiger partial charge is 0.491 e. The van der Waals surface area contributed by atoms with Crippen LogP contribution in [0.5, 0.6) is 5.75 Å². The number of imide groups is 1. The summed E-state index contributed by atoms with van der Waals surface area (Å²) in [5.41, 5.74) is 0.746. The Morgan fingerprint density at radius 1 is 0.947 bits per heavy atom. The number of anilines is 2. The molecule has 406 valence electrons. The van der Waals surface area contributed by atoms with Crippen LogP contribution >= 0.6 is 11.3 Å². The fraction of sp³-hybridized carbons (Fsp3) is 0.509. The maximum absolute atomic E-state index is 14.4. The van der Waals surface area contributed by atoms with Crippen LogP contribution in [0.3, 0.4) is 0 Å². The monoisotopic (exact) mass is 1070 g/mol. The number of benzene rings is 3. The standard InChI is InChI=1S/C55H65F3N8O9S/c1-33(35-8-10-36(11-9-35)48-34(2)60-32-76-48)61-49(69)47-24-41(68)27-64(47)50(70)46(53(3,4)5)23-40(67)26-62-18-20-73-43(28-62)29-63-19-21-74-44(30-63)31-75-42-16-14-38(15-17-42)66-52(72)65(51(71)54(66,6)7)39-13-12-37(25-59)45(22-39)55(56,57)58/h8-17,22,32-33,41,43-44,46-47,68H,18-21,23-24,26-31H2,1-7H3,(H,61,69)/t33-,41+,43+,44-,46+,47-/m0/s1. The van der Waals surface area contributed by atoms with Crippen molar-refractivity contribution in [3.05, 3.63) is 94.6 Å². The molecule has 76 heavy (non-hydrogen) atoms. The fourth-order valence-corrected chi connectivity index (χ4v) is 11.2. The number of hydrogen-bond acceptors (Lipinski definition) is 14. The van der Waals surface area contributed by atoms with Crippen molar-refractivity contribution in [2.24, 2.45) is 11.3 Å². The molecule has 4 fully saturated rings. The second-order valence-electron chi connectivity index (χ2n) is 21.6. The first-order valence-corrected chi connectivity index (χ1v) is 26.3. The van der Waals surface area contributed by atoms with Crippen LogP contribution in [-0.4, -0.2) is 150 Å². The highest BCUT2D eigenvalue weighted by molar-refractivity contribution is 7.13. The lowest BCUT2D eigenvalue weighted by molar-refractivity contribution is -0.146. The number of nitrogens with one attached hydrogen (secondary N) is 1. The number of amides is 5. The van der Waals surface area contributed by atoms with Crippen LogP contribution in [0.25, 0.3) is 10.4 Å². The molecule has 5 heterocycles. The summed E-state index contributed by atoms with van der Waals surface area (Å²) in [7, 11) is 0. The van der Waals surface area contributed by atoms with Gasteiger partial charge in [-0.05, 0) is 86.7 Å². The Balaban J connectivity index is 0.810. The van der Waals surface area contributed by atoms with Crippen LogP contribution in [0.4, 0.5) is 29.3 Å². The molecular weight excluding hydrogens is 1010 g/mol. The van der Waals surface area contributed by atoms with Crippen LogP contribution < -0.4 is 19.9 Å². The molecule has 5 amide bonds. The number of ether oxygens (including phenoxy) is 3. The fourth-order valence-electron chi connectivity index (χ4n) is 10.4. The maximum Gasteiger partial charge on any atom is 0.417 e. The minimum Gasteiger partial charge on any atom is -0.491 e. The average molecular weight is 1070 g/mol. The Labute approximate surface area is 444 Å². The molecule has 2 N–H and O–H groups in total. The molecule has 3 aromatic carbocycles. The maximum atomic E-state index is 14.4. The summed E-state index contributed by atoms with van der Waals surface area (Å²) in [6, 6.07) is 16.5. The van der Waals surface area contributed by atoms with Crippen molar-refractivity contribution >= 4 is 52.2 Å². The second kappa shape index (κ2) is 22.7. The Bertz CT molecular complexity index is 2830. The topological polar surface area (TPSA) is 198 Å². The third-order valence-electron chi connectivity index (χ3n) is 14.6. The van der Waals surface area contributed by atoms with E-state index in [0.29, 0.717) is 68.3 Å². The van der Waals surface area contributed by atoms with Gasteiger partial charge in [0.15, 0.2) is 0 Å². The molecule has 0 radical (unpaired) electrons. The molecule has 4 aliphatic heterocycles. The molecular formula is C55H65F3N8O9S. The van der Waals surface area contributed by atoms with Gasteiger partial charge in [0.2, 0.25) is 11.8 Å². The zero-order chi connectivity index (χ0) is 54.9. The quantitative estimate of drug-likeness (QED) is 0.109. The van der Waals surface area contributed by atoms with Gasteiger partial charge in [0.1, 0.15) is 35.8 Å². The van der Waals surface area contributed by atoms with Crippen molar-refractivity contribution in [1.82, 2.24) is 25.0 Å². The number of nitriles is 1. The van der Waals surface area contributed by atoms with Crippen molar-refractivity contribution < 1.29 is 56.5 Å². The number of halogens is 3. The highest BCUT2D eigenvalue weighted by Crippen LogP contribution is 2.40. The minimum absolute atomic E-state index is 0.00105. The Morgan fingerprint density at radius 3 is 2.25 bits per heavy atom. The van der Waals surface area contributed by atoms with E-state index in [2.05, 4.69) is 20.1 Å². The molecule has 4 aromatic rings. The van der Waals surface area contributed by atoms with E-state index in [1.54, 1.807) is 35.6 Å². The number of aliphatic hydroxyl groups is 1. The van der Waals surface area contributed by atoms with E-state index >= 15 is 0 Å². The highest BCUT2D eigenvalue weighted by atomic mass is 32.1. The average Bonchev–Trinajstić information content (AvgIpc) is 4.07. The van der Waals surface area contributed by atoms with E-state index in [-0.39, 0.29) is 74.1 Å². The van der Waals surface area contributed by atoms with Crippen molar-refractivity contribution in [2.45, 2.75) is 103 Å². The third-order valence-corrected chi connectivity index (χ3v) is 15.6. The number of likely N-dealkylation sites (tertiary alicyclic amines) is 1. The molecule has 0 unspecified atom stereocenters. The number of carbonyl (C=O) groups excluding carboxylic acids is 5. The number of aromatic nitrogens is 1. The van der Waals surface area contributed by atoms with Gasteiger partial charge >= 0.3 is 12.2 Å². The lowest BCUT2D eigenvalue weighted by atomic mass is 9.76. The zero-order valence-electron chi connectivity index (χ0n) is 43.8. The molecule has 0 saturated carbocycles. The van der Waals surface area contributed by atoms with Gasteiger partial charge in [-0.1, -0.05) is 45.0 Å². The van der Waals surface area contributed by atoms with Crippen LogP contribution in [0.15, 0.2) is 72.2 Å². The summed E-state index contributed by atoms with van der Waals surface area (Å²) in [4.78, 5) is 82.4. The lowest BCUT2D eigenvalue weighted by Crippen LogP contribution is -2.53. The number of β-amino-alcohol motifs (C(OH)–C–C–N with tert-alkyl or cyclic N) is 1. The van der Waals surface area contributed by atoms with Crippen molar-refractivity contribution in [1.29, 1.82) is 5.26 Å². The number of aryl methyl sites for hydroxylation is 1. The van der Waals surface area contributed by atoms with Crippen molar-refractivity contribution in [3.63, 3.8) is 0 Å². The lowest BCUT2D eigenvalue weighted by Gasteiger charge is -2.39. The smallest absolute Gasteiger partial charge is 0.417 e. The molecule has 21 heteroatoms. The predicted molar refractivity (Wildman–Crippen MR) is 277 cm³/mol. The predicted octanol–water partition coefficient (Wildman–Crippen LogP) is 7.00. The van der Waals surface area contributed by atoms with Gasteiger partial charge < -0.3 is 29.5 Å². The van der Waals surface area contributed by atoms with Gasteiger partial charge in [-0.2, -0.15) is 18.4 Å². The number of ketones is 1. The Kier molecular flexibility index (Phi) is 16.7. The second-order valence-corrected chi connectivity index (χ2v) is 22.5. The van der Waals surface area contributed by atoms with E-state index in [1.165, 1.54) is 29.7 Å². The highest BCUT2D eigenvalue weighted by Gasteiger charge is 2.53. The van der Waals surface area contributed by atoms with E-state index in [0.717, 1.165) is 33.8 Å². The number of aliphatic hydroxyl groups excluding tert-OH is 1. The summed E-state index contributed by atoms with van der Waals surface area (Å²) >= 11 is 1.57. The number of nitrogens with zero attached hydrogens (tertiary/aromatic N) is 7. The molecule has 8 rings (SSSR count). The molecule has 6 atom stereocenters. The van der Waals surface area contributed by atoms with Crippen LogP contribution in [-0.2, 0) is 34.8 Å². The Morgan fingerprint density at radius 2 is 1.61 bits per heavy atom. The van der Waals surface area contributed by atoms with Crippen LogP contribution in [0.1, 0.15) is 82.8 Å². The number of thiazole rings is 1.